The van der Waals surface area contributed by atoms with Crippen LogP contribution in [-0.4, -0.2) is 29.6 Å². The zero-order valence-electron chi connectivity index (χ0n) is 13.5. The molecule has 5 heteroatoms. The summed E-state index contributed by atoms with van der Waals surface area (Å²) in [7, 11) is 0. The molecule has 24 heavy (non-hydrogen) atoms. The van der Waals surface area contributed by atoms with Gasteiger partial charge < -0.3 is 10.6 Å². The molecule has 1 atom stereocenters. The van der Waals surface area contributed by atoms with Gasteiger partial charge in [-0.05, 0) is 61.9 Å². The van der Waals surface area contributed by atoms with Crippen LogP contribution in [0.1, 0.15) is 24.4 Å². The molecule has 0 unspecified atom stereocenters. The van der Waals surface area contributed by atoms with Gasteiger partial charge in [0.2, 0.25) is 0 Å². The van der Waals surface area contributed by atoms with E-state index in [4.69, 9.17) is 12.2 Å². The Hall–Kier alpha value is -1.43. The first-order valence-corrected chi connectivity index (χ1v) is 9.52. The topological polar surface area (TPSA) is 27.3 Å². The van der Waals surface area contributed by atoms with Gasteiger partial charge >= 0.3 is 0 Å². The highest BCUT2D eigenvalue weighted by atomic mass is 79.9. The zero-order valence-corrected chi connectivity index (χ0v) is 15.9. The molecule has 3 rings (SSSR count). The van der Waals surface area contributed by atoms with Crippen molar-refractivity contribution < 1.29 is 0 Å². The molecule has 0 radical (unpaired) electrons. The smallest absolute Gasteiger partial charge is 0.170 e. The summed E-state index contributed by atoms with van der Waals surface area (Å²) >= 11 is 8.95. The first-order chi connectivity index (χ1) is 11.7. The summed E-state index contributed by atoms with van der Waals surface area (Å²) in [5.74, 6) is 0. The average molecular weight is 404 g/mol. The third kappa shape index (κ3) is 4.79. The van der Waals surface area contributed by atoms with E-state index < -0.39 is 0 Å². The number of likely N-dealkylation sites (tertiary alicyclic amines) is 1. The molecule has 126 valence electrons. The standard InChI is InChI=1S/C19H22BrN3S/c20-16-9-6-10-17(13-16)22-19(24)21-14-18(23-11-4-5-12-23)15-7-2-1-3-8-15/h1-3,6-10,13,18H,4-5,11-12,14H2,(H2,21,22,24)/t18-/m1/s1. The number of halogens is 1. The molecular weight excluding hydrogens is 382 g/mol. The van der Waals surface area contributed by atoms with Gasteiger partial charge in [-0.25, -0.2) is 0 Å². The van der Waals surface area contributed by atoms with Crippen LogP contribution in [0.2, 0.25) is 0 Å². The molecule has 2 aromatic rings. The van der Waals surface area contributed by atoms with Crippen LogP contribution in [0, 0.1) is 0 Å². The molecule has 0 bridgehead atoms. The molecule has 1 heterocycles. The number of benzene rings is 2. The lowest BCUT2D eigenvalue weighted by atomic mass is 10.1. The van der Waals surface area contributed by atoms with Crippen molar-refractivity contribution in [1.29, 1.82) is 0 Å². The third-order valence-electron chi connectivity index (χ3n) is 4.30. The number of hydrogen-bond acceptors (Lipinski definition) is 2. The summed E-state index contributed by atoms with van der Waals surface area (Å²) in [6.07, 6.45) is 2.56. The number of nitrogens with one attached hydrogen (secondary N) is 2. The van der Waals surface area contributed by atoms with E-state index in [1.54, 1.807) is 0 Å². The Labute approximate surface area is 157 Å². The molecule has 0 aromatic heterocycles. The van der Waals surface area contributed by atoms with E-state index in [-0.39, 0.29) is 0 Å². The van der Waals surface area contributed by atoms with E-state index in [0.717, 1.165) is 29.8 Å². The van der Waals surface area contributed by atoms with Crippen molar-refractivity contribution in [3.8, 4) is 0 Å². The minimum absolute atomic E-state index is 0.357. The first kappa shape index (κ1) is 17.4. The molecule has 3 nitrogen and oxygen atoms in total. The largest absolute Gasteiger partial charge is 0.361 e. The Bertz CT molecular complexity index is 671. The van der Waals surface area contributed by atoms with Crippen molar-refractivity contribution in [2.24, 2.45) is 0 Å². The van der Waals surface area contributed by atoms with Crippen LogP contribution in [0.25, 0.3) is 0 Å². The number of nitrogens with zero attached hydrogens (tertiary/aromatic N) is 1. The molecule has 1 saturated heterocycles. The van der Waals surface area contributed by atoms with E-state index >= 15 is 0 Å². The highest BCUT2D eigenvalue weighted by molar-refractivity contribution is 9.10. The predicted octanol–water partition coefficient (Wildman–Crippen LogP) is 4.57. The van der Waals surface area contributed by atoms with E-state index in [1.807, 2.05) is 24.3 Å². The second kappa shape index (κ2) is 8.60. The van der Waals surface area contributed by atoms with Crippen molar-refractivity contribution in [2.75, 3.05) is 25.0 Å². The van der Waals surface area contributed by atoms with Crippen LogP contribution in [-0.2, 0) is 0 Å². The average Bonchev–Trinajstić information content (AvgIpc) is 3.10. The van der Waals surface area contributed by atoms with E-state index in [0.29, 0.717) is 11.2 Å². The predicted molar refractivity (Wildman–Crippen MR) is 108 cm³/mol. The first-order valence-electron chi connectivity index (χ1n) is 8.32. The van der Waals surface area contributed by atoms with Crippen molar-refractivity contribution in [3.63, 3.8) is 0 Å². The third-order valence-corrected chi connectivity index (χ3v) is 5.04. The Morgan fingerprint density at radius 2 is 1.83 bits per heavy atom. The van der Waals surface area contributed by atoms with E-state index in [1.165, 1.54) is 18.4 Å². The Kier molecular flexibility index (Phi) is 6.24. The molecule has 0 saturated carbocycles. The van der Waals surface area contributed by atoms with Crippen molar-refractivity contribution in [2.45, 2.75) is 18.9 Å². The van der Waals surface area contributed by atoms with Crippen LogP contribution in [0.5, 0.6) is 0 Å². The lowest BCUT2D eigenvalue weighted by molar-refractivity contribution is 0.246. The normalized spacial score (nSPS) is 15.9. The maximum absolute atomic E-state index is 5.47. The summed E-state index contributed by atoms with van der Waals surface area (Å²) < 4.78 is 1.04. The van der Waals surface area contributed by atoms with E-state index in [9.17, 15) is 0 Å². The minimum Gasteiger partial charge on any atom is -0.361 e. The molecule has 0 aliphatic carbocycles. The molecule has 2 N–H and O–H groups in total. The number of thiocarbonyl (C=S) groups is 1. The Morgan fingerprint density at radius 3 is 2.54 bits per heavy atom. The summed E-state index contributed by atoms with van der Waals surface area (Å²) in [5.41, 5.74) is 2.33. The van der Waals surface area contributed by atoms with Crippen LogP contribution in [0.15, 0.2) is 59.1 Å². The van der Waals surface area contributed by atoms with Gasteiger partial charge in [-0.15, -0.1) is 0 Å². The second-order valence-corrected chi connectivity index (χ2v) is 7.34. The van der Waals surface area contributed by atoms with Crippen LogP contribution in [0.3, 0.4) is 0 Å². The lowest BCUT2D eigenvalue weighted by Crippen LogP contribution is -2.38. The fraction of sp³-hybridized carbons (Fsp3) is 0.316. The summed E-state index contributed by atoms with van der Waals surface area (Å²) in [5, 5.41) is 7.30. The SMILES string of the molecule is S=C(NC[C@H](c1ccccc1)N1CCCC1)Nc1cccc(Br)c1. The summed E-state index contributed by atoms with van der Waals surface area (Å²) in [6.45, 7) is 3.13. The van der Waals surface area contributed by atoms with Crippen LogP contribution in [0.4, 0.5) is 5.69 Å². The number of hydrogen-bond donors (Lipinski definition) is 2. The van der Waals surface area contributed by atoms with Crippen molar-refractivity contribution >= 4 is 38.9 Å². The maximum atomic E-state index is 5.47. The van der Waals surface area contributed by atoms with Gasteiger partial charge in [0.25, 0.3) is 0 Å². The summed E-state index contributed by atoms with van der Waals surface area (Å²) in [4.78, 5) is 2.55. The molecule has 1 aliphatic rings. The minimum atomic E-state index is 0.357. The van der Waals surface area contributed by atoms with Gasteiger partial charge in [0.05, 0.1) is 6.04 Å². The second-order valence-electron chi connectivity index (χ2n) is 6.01. The Morgan fingerprint density at radius 1 is 1.08 bits per heavy atom. The van der Waals surface area contributed by atoms with Crippen LogP contribution < -0.4 is 10.6 Å². The summed E-state index contributed by atoms with van der Waals surface area (Å²) in [6, 6.07) is 19.1. The molecule has 1 aliphatic heterocycles. The van der Waals surface area contributed by atoms with Gasteiger partial charge in [0.1, 0.15) is 0 Å². The highest BCUT2D eigenvalue weighted by Gasteiger charge is 2.23. The van der Waals surface area contributed by atoms with Gasteiger partial charge in [0.15, 0.2) is 5.11 Å². The number of anilines is 1. The van der Waals surface area contributed by atoms with Crippen LogP contribution >= 0.6 is 28.1 Å². The van der Waals surface area contributed by atoms with Gasteiger partial charge in [-0.1, -0.05) is 52.3 Å². The molecule has 1 fully saturated rings. The fourth-order valence-corrected chi connectivity index (χ4v) is 3.72. The molecule has 0 spiro atoms. The van der Waals surface area contributed by atoms with Crippen molar-refractivity contribution in [3.05, 3.63) is 64.6 Å². The van der Waals surface area contributed by atoms with Crippen molar-refractivity contribution in [1.82, 2.24) is 10.2 Å². The molecular formula is C19H22BrN3S. The lowest BCUT2D eigenvalue weighted by Gasteiger charge is -2.28. The molecule has 2 aromatic carbocycles. The maximum Gasteiger partial charge on any atom is 0.170 e. The number of rotatable bonds is 5. The quantitative estimate of drug-likeness (QED) is 0.714. The van der Waals surface area contributed by atoms with Gasteiger partial charge in [-0.2, -0.15) is 0 Å². The van der Waals surface area contributed by atoms with E-state index in [2.05, 4.69) is 61.8 Å². The van der Waals surface area contributed by atoms with Gasteiger partial charge in [-0.3, -0.25) is 4.90 Å². The fourth-order valence-electron chi connectivity index (χ4n) is 3.12. The molecule has 0 amide bonds. The monoisotopic (exact) mass is 403 g/mol. The highest BCUT2D eigenvalue weighted by Crippen LogP contribution is 2.24. The Balaban J connectivity index is 1.61. The zero-order chi connectivity index (χ0) is 16.8. The van der Waals surface area contributed by atoms with Gasteiger partial charge in [0, 0.05) is 16.7 Å².